The standard InChI is InChI=1S/C17H24N2O5S/c1-3-12(2)18-25(23,24)15-8-6-13(7-9-15)16(20)19-10-4-5-14(11-19)17(21)22/h6-9,12,14,18H,3-5,10-11H2,1-2H3,(H,21,22). The number of nitrogens with zero attached hydrogens (tertiary/aromatic N) is 1. The van der Waals surface area contributed by atoms with E-state index in [2.05, 4.69) is 4.72 Å². The molecule has 0 aromatic heterocycles. The molecular weight excluding hydrogens is 344 g/mol. The van der Waals surface area contributed by atoms with E-state index >= 15 is 0 Å². The van der Waals surface area contributed by atoms with Gasteiger partial charge in [-0.3, -0.25) is 9.59 Å². The lowest BCUT2D eigenvalue weighted by molar-refractivity contribution is -0.143. The molecule has 1 saturated heterocycles. The van der Waals surface area contributed by atoms with Gasteiger partial charge in [-0.1, -0.05) is 6.92 Å². The first-order valence-corrected chi connectivity index (χ1v) is 9.87. The van der Waals surface area contributed by atoms with Gasteiger partial charge in [0, 0.05) is 24.7 Å². The van der Waals surface area contributed by atoms with Gasteiger partial charge >= 0.3 is 5.97 Å². The number of carboxylic acids is 1. The lowest BCUT2D eigenvalue weighted by atomic mass is 9.97. The van der Waals surface area contributed by atoms with E-state index in [0.29, 0.717) is 31.4 Å². The summed E-state index contributed by atoms with van der Waals surface area (Å²) in [6.45, 7) is 4.37. The normalized spacial score (nSPS) is 19.4. The van der Waals surface area contributed by atoms with E-state index in [1.807, 2.05) is 6.92 Å². The van der Waals surface area contributed by atoms with Crippen molar-refractivity contribution in [2.24, 2.45) is 5.92 Å². The smallest absolute Gasteiger partial charge is 0.308 e. The highest BCUT2D eigenvalue weighted by Crippen LogP contribution is 2.20. The molecule has 2 atom stereocenters. The minimum absolute atomic E-state index is 0.103. The van der Waals surface area contributed by atoms with Crippen LogP contribution < -0.4 is 4.72 Å². The third kappa shape index (κ3) is 4.79. The monoisotopic (exact) mass is 368 g/mol. The molecule has 138 valence electrons. The van der Waals surface area contributed by atoms with Crippen LogP contribution in [0.15, 0.2) is 29.2 Å². The third-order valence-electron chi connectivity index (χ3n) is 4.44. The number of piperidine rings is 1. The molecule has 1 aromatic carbocycles. The van der Waals surface area contributed by atoms with Gasteiger partial charge in [0.25, 0.3) is 5.91 Å². The van der Waals surface area contributed by atoms with Gasteiger partial charge in [-0.15, -0.1) is 0 Å². The van der Waals surface area contributed by atoms with Gasteiger partial charge in [0.05, 0.1) is 10.8 Å². The van der Waals surface area contributed by atoms with Crippen LogP contribution in [-0.2, 0) is 14.8 Å². The molecule has 1 heterocycles. The quantitative estimate of drug-likeness (QED) is 0.795. The minimum atomic E-state index is -3.61. The third-order valence-corrected chi connectivity index (χ3v) is 6.04. The highest BCUT2D eigenvalue weighted by molar-refractivity contribution is 7.89. The number of carboxylic acid groups (broad SMARTS) is 1. The van der Waals surface area contributed by atoms with Crippen LogP contribution in [0.5, 0.6) is 0 Å². The van der Waals surface area contributed by atoms with Crippen LogP contribution in [-0.4, -0.2) is 49.4 Å². The van der Waals surface area contributed by atoms with Crippen LogP contribution >= 0.6 is 0 Å². The Balaban J connectivity index is 2.11. The first kappa shape index (κ1) is 19.4. The highest BCUT2D eigenvalue weighted by atomic mass is 32.2. The van der Waals surface area contributed by atoms with Gasteiger partial charge in [-0.25, -0.2) is 13.1 Å². The summed E-state index contributed by atoms with van der Waals surface area (Å²) in [5.41, 5.74) is 0.355. The van der Waals surface area contributed by atoms with Gasteiger partial charge in [0.1, 0.15) is 0 Å². The molecule has 1 fully saturated rings. The Morgan fingerprint density at radius 3 is 2.52 bits per heavy atom. The summed E-state index contributed by atoms with van der Waals surface area (Å²) in [5.74, 6) is -1.71. The lowest BCUT2D eigenvalue weighted by Gasteiger charge is -2.30. The number of nitrogens with one attached hydrogen (secondary N) is 1. The number of carbonyl (C=O) groups is 2. The summed E-state index contributed by atoms with van der Waals surface area (Å²) in [5, 5.41) is 9.11. The fourth-order valence-corrected chi connectivity index (χ4v) is 4.07. The molecule has 1 aliphatic heterocycles. The maximum absolute atomic E-state index is 12.5. The lowest BCUT2D eigenvalue weighted by Crippen LogP contribution is -2.42. The zero-order valence-electron chi connectivity index (χ0n) is 14.4. The van der Waals surface area contributed by atoms with Crippen LogP contribution in [0.25, 0.3) is 0 Å². The van der Waals surface area contributed by atoms with Crippen LogP contribution in [0.4, 0.5) is 0 Å². The molecule has 25 heavy (non-hydrogen) atoms. The number of amides is 1. The molecule has 1 amide bonds. The fourth-order valence-electron chi connectivity index (χ4n) is 2.74. The van der Waals surface area contributed by atoms with E-state index < -0.39 is 21.9 Å². The fraction of sp³-hybridized carbons (Fsp3) is 0.529. The molecule has 1 aliphatic rings. The number of carbonyl (C=O) groups excluding carboxylic acids is 1. The number of aliphatic carboxylic acids is 1. The molecule has 0 bridgehead atoms. The number of likely N-dealkylation sites (tertiary alicyclic amines) is 1. The highest BCUT2D eigenvalue weighted by Gasteiger charge is 2.28. The largest absolute Gasteiger partial charge is 0.481 e. The predicted octanol–water partition coefficient (Wildman–Crippen LogP) is 1.70. The summed E-state index contributed by atoms with van der Waals surface area (Å²) >= 11 is 0. The van der Waals surface area contributed by atoms with Crippen molar-refractivity contribution < 1.29 is 23.1 Å². The van der Waals surface area contributed by atoms with Crippen LogP contribution in [0, 0.1) is 5.92 Å². The number of benzene rings is 1. The summed E-state index contributed by atoms with van der Waals surface area (Å²) in [4.78, 5) is 25.3. The van der Waals surface area contributed by atoms with E-state index in [1.165, 1.54) is 29.2 Å². The van der Waals surface area contributed by atoms with Crippen LogP contribution in [0.2, 0.25) is 0 Å². The van der Waals surface area contributed by atoms with Crippen molar-refractivity contribution in [3.05, 3.63) is 29.8 Å². The average Bonchev–Trinajstić information content (AvgIpc) is 2.60. The molecule has 0 spiro atoms. The Labute approximate surface area is 148 Å². The molecule has 0 radical (unpaired) electrons. The number of rotatable bonds is 6. The molecule has 2 rings (SSSR count). The van der Waals surface area contributed by atoms with E-state index in [-0.39, 0.29) is 23.4 Å². The number of hydrogen-bond acceptors (Lipinski definition) is 4. The SMILES string of the molecule is CCC(C)NS(=O)(=O)c1ccc(C(=O)N2CCCC(C(=O)O)C2)cc1. The molecule has 0 aliphatic carbocycles. The minimum Gasteiger partial charge on any atom is -0.481 e. The average molecular weight is 368 g/mol. The summed E-state index contributed by atoms with van der Waals surface area (Å²) in [6, 6.07) is 5.57. The van der Waals surface area contributed by atoms with Crippen molar-refractivity contribution in [3.63, 3.8) is 0 Å². The van der Waals surface area contributed by atoms with Gasteiger partial charge < -0.3 is 10.0 Å². The van der Waals surface area contributed by atoms with Gasteiger partial charge in [0.2, 0.25) is 10.0 Å². The van der Waals surface area contributed by atoms with Crippen molar-refractivity contribution in [3.8, 4) is 0 Å². The molecule has 2 N–H and O–H groups in total. The van der Waals surface area contributed by atoms with Crippen molar-refractivity contribution in [1.82, 2.24) is 9.62 Å². The van der Waals surface area contributed by atoms with Gasteiger partial charge in [-0.05, 0) is 50.5 Å². The summed E-state index contributed by atoms with van der Waals surface area (Å²) in [7, 11) is -3.61. The second-order valence-corrected chi connectivity index (χ2v) is 8.10. The van der Waals surface area contributed by atoms with Crippen molar-refractivity contribution in [2.75, 3.05) is 13.1 Å². The molecule has 7 nitrogen and oxygen atoms in total. The summed E-state index contributed by atoms with van der Waals surface area (Å²) in [6.07, 6.45) is 1.89. The van der Waals surface area contributed by atoms with Crippen molar-refractivity contribution in [2.45, 2.75) is 44.0 Å². The van der Waals surface area contributed by atoms with E-state index in [4.69, 9.17) is 5.11 Å². The van der Waals surface area contributed by atoms with Crippen molar-refractivity contribution in [1.29, 1.82) is 0 Å². The second kappa shape index (κ2) is 7.97. The Morgan fingerprint density at radius 1 is 1.32 bits per heavy atom. The van der Waals surface area contributed by atoms with E-state index in [1.54, 1.807) is 6.92 Å². The second-order valence-electron chi connectivity index (χ2n) is 6.38. The Bertz CT molecular complexity index is 730. The maximum atomic E-state index is 12.5. The maximum Gasteiger partial charge on any atom is 0.308 e. The number of hydrogen-bond donors (Lipinski definition) is 2. The van der Waals surface area contributed by atoms with Gasteiger partial charge in [-0.2, -0.15) is 0 Å². The van der Waals surface area contributed by atoms with Crippen LogP contribution in [0.3, 0.4) is 0 Å². The van der Waals surface area contributed by atoms with Crippen LogP contribution in [0.1, 0.15) is 43.5 Å². The predicted molar refractivity (Wildman–Crippen MR) is 92.8 cm³/mol. The Kier molecular flexibility index (Phi) is 6.18. The van der Waals surface area contributed by atoms with Crippen molar-refractivity contribution >= 4 is 21.9 Å². The molecule has 1 aromatic rings. The zero-order chi connectivity index (χ0) is 18.6. The molecular formula is C17H24N2O5S. The summed E-state index contributed by atoms with van der Waals surface area (Å²) < 4.78 is 27.0. The molecule has 0 saturated carbocycles. The topological polar surface area (TPSA) is 104 Å². The first-order valence-electron chi connectivity index (χ1n) is 8.39. The van der Waals surface area contributed by atoms with E-state index in [0.717, 1.165) is 0 Å². The zero-order valence-corrected chi connectivity index (χ0v) is 15.3. The molecule has 2 unspecified atom stereocenters. The Morgan fingerprint density at radius 2 is 1.96 bits per heavy atom. The first-order chi connectivity index (χ1) is 11.7. The van der Waals surface area contributed by atoms with Gasteiger partial charge in [0.15, 0.2) is 0 Å². The Hall–Kier alpha value is -1.93. The van der Waals surface area contributed by atoms with E-state index in [9.17, 15) is 18.0 Å². The molecule has 8 heteroatoms. The number of sulfonamides is 1.